The standard InChI is InChI=1S/C29H34O8S/c1-32-29-28(35-20-24-16-10-5-11-17-24)27(34-19-23-14-8-4-9-15-23)26(25(37-29)21-36-38(2,30)31)33-18-22-12-6-3-7-13-22/h3-17,25-29H,18-21H2,1-2H3/t25?,26-,27?,28?,29+/m1/s1. The van der Waals surface area contributed by atoms with Crippen LogP contribution in [0.25, 0.3) is 0 Å². The third-order valence-corrected chi connectivity index (χ3v) is 6.69. The molecule has 8 nitrogen and oxygen atoms in total. The van der Waals surface area contributed by atoms with Crippen molar-refractivity contribution in [3.63, 3.8) is 0 Å². The van der Waals surface area contributed by atoms with E-state index in [2.05, 4.69) is 0 Å². The molecule has 0 aromatic heterocycles. The Bertz CT molecular complexity index is 1190. The van der Waals surface area contributed by atoms with Crippen LogP contribution in [-0.2, 0) is 57.8 Å². The molecule has 0 N–H and O–H groups in total. The summed E-state index contributed by atoms with van der Waals surface area (Å²) in [5.41, 5.74) is 2.90. The number of hydrogen-bond acceptors (Lipinski definition) is 8. The van der Waals surface area contributed by atoms with Crippen molar-refractivity contribution in [2.45, 2.75) is 50.5 Å². The Labute approximate surface area is 224 Å². The minimum atomic E-state index is -3.72. The predicted octanol–water partition coefficient (Wildman–Crippen LogP) is 4.09. The molecule has 1 heterocycles. The summed E-state index contributed by atoms with van der Waals surface area (Å²) in [6.07, 6.45) is -2.68. The molecule has 3 unspecified atom stereocenters. The second kappa shape index (κ2) is 14.0. The van der Waals surface area contributed by atoms with Crippen molar-refractivity contribution in [2.24, 2.45) is 0 Å². The molecule has 0 aliphatic carbocycles. The van der Waals surface area contributed by atoms with E-state index in [0.717, 1.165) is 22.9 Å². The van der Waals surface area contributed by atoms with Crippen LogP contribution in [0, 0.1) is 0 Å². The summed E-state index contributed by atoms with van der Waals surface area (Å²) in [5, 5.41) is 0. The number of hydrogen-bond donors (Lipinski definition) is 0. The second-order valence-corrected chi connectivity index (χ2v) is 10.7. The zero-order valence-corrected chi connectivity index (χ0v) is 22.4. The minimum Gasteiger partial charge on any atom is -0.368 e. The van der Waals surface area contributed by atoms with Gasteiger partial charge in [-0.25, -0.2) is 0 Å². The predicted molar refractivity (Wildman–Crippen MR) is 142 cm³/mol. The van der Waals surface area contributed by atoms with Crippen molar-refractivity contribution in [1.29, 1.82) is 0 Å². The Kier molecular flexibility index (Phi) is 10.4. The van der Waals surface area contributed by atoms with E-state index in [0.29, 0.717) is 6.61 Å². The summed E-state index contributed by atoms with van der Waals surface area (Å²) in [6, 6.07) is 29.2. The molecule has 0 amide bonds. The van der Waals surface area contributed by atoms with Gasteiger partial charge in [0.1, 0.15) is 24.4 Å². The van der Waals surface area contributed by atoms with Gasteiger partial charge in [0, 0.05) is 7.11 Å². The smallest absolute Gasteiger partial charge is 0.264 e. The normalized spacial score (nSPS) is 23.8. The van der Waals surface area contributed by atoms with Gasteiger partial charge in [0.05, 0.1) is 32.7 Å². The van der Waals surface area contributed by atoms with E-state index in [-0.39, 0.29) is 19.8 Å². The molecule has 0 spiro atoms. The summed E-state index contributed by atoms with van der Waals surface area (Å²) in [7, 11) is -2.21. The lowest BCUT2D eigenvalue weighted by atomic mass is 9.98. The van der Waals surface area contributed by atoms with E-state index in [4.69, 9.17) is 27.9 Å². The molecule has 1 fully saturated rings. The first-order valence-electron chi connectivity index (χ1n) is 12.4. The lowest BCUT2D eigenvalue weighted by Gasteiger charge is -2.45. The molecule has 204 valence electrons. The van der Waals surface area contributed by atoms with Crippen LogP contribution in [0.4, 0.5) is 0 Å². The third kappa shape index (κ3) is 8.44. The summed E-state index contributed by atoms with van der Waals surface area (Å²) < 4.78 is 59.8. The molecular formula is C29H34O8S. The number of ether oxygens (including phenoxy) is 5. The molecule has 0 bridgehead atoms. The first-order chi connectivity index (χ1) is 18.4. The Morgan fingerprint density at radius 3 is 1.50 bits per heavy atom. The fourth-order valence-electron chi connectivity index (χ4n) is 4.26. The SMILES string of the molecule is CO[C@H]1OC(COS(C)(=O)=O)[C@@H](OCc2ccccc2)C(OCc2ccccc2)C1OCc1ccccc1. The van der Waals surface area contributed by atoms with Crippen LogP contribution in [-0.4, -0.2) is 59.1 Å². The van der Waals surface area contributed by atoms with Gasteiger partial charge in [-0.1, -0.05) is 91.0 Å². The second-order valence-electron chi connectivity index (χ2n) is 9.05. The highest BCUT2D eigenvalue weighted by atomic mass is 32.2. The third-order valence-electron chi connectivity index (χ3n) is 6.13. The van der Waals surface area contributed by atoms with Gasteiger partial charge in [-0.05, 0) is 16.7 Å². The first-order valence-corrected chi connectivity index (χ1v) is 14.2. The summed E-state index contributed by atoms with van der Waals surface area (Å²) in [6.45, 7) is 0.598. The molecule has 0 saturated carbocycles. The van der Waals surface area contributed by atoms with Gasteiger partial charge in [0.15, 0.2) is 6.29 Å². The highest BCUT2D eigenvalue weighted by molar-refractivity contribution is 7.85. The van der Waals surface area contributed by atoms with Gasteiger partial charge in [0.25, 0.3) is 10.1 Å². The summed E-state index contributed by atoms with van der Waals surface area (Å²) >= 11 is 0. The number of benzene rings is 3. The van der Waals surface area contributed by atoms with Gasteiger partial charge in [-0.15, -0.1) is 0 Å². The van der Waals surface area contributed by atoms with Crippen molar-refractivity contribution >= 4 is 10.1 Å². The maximum atomic E-state index is 11.8. The highest BCUT2D eigenvalue weighted by Gasteiger charge is 2.49. The van der Waals surface area contributed by atoms with E-state index in [1.807, 2.05) is 91.0 Å². The Morgan fingerprint density at radius 1 is 0.658 bits per heavy atom. The van der Waals surface area contributed by atoms with Gasteiger partial charge in [0.2, 0.25) is 0 Å². The van der Waals surface area contributed by atoms with Crippen molar-refractivity contribution in [3.8, 4) is 0 Å². The average molecular weight is 543 g/mol. The van der Waals surface area contributed by atoms with E-state index in [1.54, 1.807) is 0 Å². The maximum Gasteiger partial charge on any atom is 0.264 e. The molecule has 3 aromatic carbocycles. The fraction of sp³-hybridized carbons (Fsp3) is 0.379. The molecule has 0 radical (unpaired) electrons. The van der Waals surface area contributed by atoms with Gasteiger partial charge >= 0.3 is 0 Å². The Morgan fingerprint density at radius 2 is 1.08 bits per heavy atom. The number of methoxy groups -OCH3 is 1. The largest absolute Gasteiger partial charge is 0.368 e. The van der Waals surface area contributed by atoms with Gasteiger partial charge < -0.3 is 23.7 Å². The van der Waals surface area contributed by atoms with Crippen LogP contribution >= 0.6 is 0 Å². The first kappa shape index (κ1) is 28.4. The fourth-order valence-corrected chi connectivity index (χ4v) is 4.64. The molecule has 4 rings (SSSR count). The quantitative estimate of drug-likeness (QED) is 0.299. The zero-order valence-electron chi connectivity index (χ0n) is 21.5. The van der Waals surface area contributed by atoms with Crippen molar-refractivity contribution < 1.29 is 36.3 Å². The van der Waals surface area contributed by atoms with Crippen molar-refractivity contribution in [1.82, 2.24) is 0 Å². The molecular weight excluding hydrogens is 508 g/mol. The number of rotatable bonds is 13. The molecule has 1 saturated heterocycles. The Hall–Kier alpha value is -2.63. The monoisotopic (exact) mass is 542 g/mol. The average Bonchev–Trinajstić information content (AvgIpc) is 2.94. The molecule has 38 heavy (non-hydrogen) atoms. The zero-order chi connectivity index (χ0) is 26.8. The van der Waals surface area contributed by atoms with E-state index < -0.39 is 40.8 Å². The van der Waals surface area contributed by atoms with E-state index in [1.165, 1.54) is 7.11 Å². The molecule has 1 aliphatic heterocycles. The van der Waals surface area contributed by atoms with Crippen LogP contribution in [0.5, 0.6) is 0 Å². The van der Waals surface area contributed by atoms with E-state index in [9.17, 15) is 8.42 Å². The molecule has 3 aromatic rings. The van der Waals surface area contributed by atoms with Crippen molar-refractivity contribution in [2.75, 3.05) is 20.0 Å². The molecule has 5 atom stereocenters. The molecule has 9 heteroatoms. The topological polar surface area (TPSA) is 89.5 Å². The summed E-state index contributed by atoms with van der Waals surface area (Å²) in [4.78, 5) is 0. The maximum absolute atomic E-state index is 11.8. The van der Waals surface area contributed by atoms with Crippen LogP contribution in [0.3, 0.4) is 0 Å². The van der Waals surface area contributed by atoms with Crippen LogP contribution < -0.4 is 0 Å². The van der Waals surface area contributed by atoms with E-state index >= 15 is 0 Å². The van der Waals surface area contributed by atoms with Gasteiger partial charge in [-0.2, -0.15) is 8.42 Å². The molecule has 1 aliphatic rings. The minimum absolute atomic E-state index is 0.255. The lowest BCUT2D eigenvalue weighted by Crippen LogP contribution is -2.61. The van der Waals surface area contributed by atoms with Gasteiger partial charge in [-0.3, -0.25) is 4.18 Å². The summed E-state index contributed by atoms with van der Waals surface area (Å²) in [5.74, 6) is 0. The Balaban J connectivity index is 1.62. The van der Waals surface area contributed by atoms with Crippen LogP contribution in [0.1, 0.15) is 16.7 Å². The van der Waals surface area contributed by atoms with Crippen LogP contribution in [0.2, 0.25) is 0 Å². The lowest BCUT2D eigenvalue weighted by molar-refractivity contribution is -0.320. The highest BCUT2D eigenvalue weighted by Crippen LogP contribution is 2.31. The van der Waals surface area contributed by atoms with Crippen molar-refractivity contribution in [3.05, 3.63) is 108 Å². The van der Waals surface area contributed by atoms with Crippen LogP contribution in [0.15, 0.2) is 91.0 Å².